The van der Waals surface area contributed by atoms with Crippen LogP contribution in [0.4, 0.5) is 5.69 Å². The van der Waals surface area contributed by atoms with Crippen molar-refractivity contribution in [2.45, 2.75) is 44.2 Å². The average Bonchev–Trinajstić information content (AvgIpc) is 2.42. The molecular formula is C15H19ClN2O. The van der Waals surface area contributed by atoms with Crippen LogP contribution in [0.3, 0.4) is 0 Å². The molecule has 1 aromatic rings. The standard InChI is InChI=1S/C15H19ClN2O/c1-3-14(2)10-15(11-17,8-9-19-14)18-13-7-5-4-6-12(13)16/h4-7,18H,3,8-10H2,1-2H3. The summed E-state index contributed by atoms with van der Waals surface area (Å²) in [5.41, 5.74) is -0.0398. The Hall–Kier alpha value is -1.24. The summed E-state index contributed by atoms with van der Waals surface area (Å²) < 4.78 is 5.82. The summed E-state index contributed by atoms with van der Waals surface area (Å²) in [6.45, 7) is 4.74. The molecule has 1 N–H and O–H groups in total. The molecule has 3 nitrogen and oxygen atoms in total. The van der Waals surface area contributed by atoms with Gasteiger partial charge in [0.15, 0.2) is 0 Å². The Bertz CT molecular complexity index is 499. The van der Waals surface area contributed by atoms with Gasteiger partial charge in [-0.25, -0.2) is 0 Å². The molecule has 4 heteroatoms. The number of benzene rings is 1. The van der Waals surface area contributed by atoms with Gasteiger partial charge in [-0.05, 0) is 25.5 Å². The summed E-state index contributed by atoms with van der Waals surface area (Å²) in [5.74, 6) is 0. The Morgan fingerprint density at radius 3 is 2.84 bits per heavy atom. The zero-order chi connectivity index (χ0) is 13.9. The molecule has 0 aromatic heterocycles. The monoisotopic (exact) mass is 278 g/mol. The van der Waals surface area contributed by atoms with E-state index in [0.717, 1.165) is 12.1 Å². The summed E-state index contributed by atoms with van der Waals surface area (Å²) >= 11 is 6.16. The number of nitrogens with zero attached hydrogens (tertiary/aromatic N) is 1. The molecule has 1 aromatic carbocycles. The molecule has 0 amide bonds. The zero-order valence-electron chi connectivity index (χ0n) is 11.4. The topological polar surface area (TPSA) is 45.0 Å². The second-order valence-electron chi connectivity index (χ2n) is 5.38. The van der Waals surface area contributed by atoms with Crippen LogP contribution in [-0.2, 0) is 4.74 Å². The third kappa shape index (κ3) is 3.02. The van der Waals surface area contributed by atoms with Crippen molar-refractivity contribution < 1.29 is 4.74 Å². The molecule has 0 saturated carbocycles. The minimum Gasteiger partial charge on any atom is -0.375 e. The molecule has 0 aliphatic carbocycles. The summed E-state index contributed by atoms with van der Waals surface area (Å²) in [5, 5.41) is 13.6. The van der Waals surface area contributed by atoms with Crippen LogP contribution in [0.25, 0.3) is 0 Å². The maximum Gasteiger partial charge on any atom is 0.130 e. The molecule has 1 heterocycles. The number of para-hydroxylation sites is 1. The summed E-state index contributed by atoms with van der Waals surface area (Å²) in [7, 11) is 0. The molecular weight excluding hydrogens is 260 g/mol. The number of rotatable bonds is 3. The molecule has 1 aliphatic rings. The van der Waals surface area contributed by atoms with Gasteiger partial charge in [-0.2, -0.15) is 5.26 Å². The number of ether oxygens (including phenoxy) is 1. The Balaban J connectivity index is 2.24. The van der Waals surface area contributed by atoms with E-state index in [2.05, 4.69) is 25.2 Å². The molecule has 2 atom stereocenters. The Morgan fingerprint density at radius 1 is 1.47 bits per heavy atom. The number of hydrogen-bond donors (Lipinski definition) is 1. The molecule has 102 valence electrons. The second-order valence-corrected chi connectivity index (χ2v) is 5.78. The number of halogens is 1. The number of nitriles is 1. The Kier molecular flexibility index (Phi) is 4.03. The molecule has 1 aliphatic heterocycles. The van der Waals surface area contributed by atoms with E-state index in [4.69, 9.17) is 16.3 Å². The van der Waals surface area contributed by atoms with E-state index in [9.17, 15) is 5.26 Å². The highest BCUT2D eigenvalue weighted by molar-refractivity contribution is 6.33. The first-order chi connectivity index (χ1) is 9.02. The van der Waals surface area contributed by atoms with Crippen molar-refractivity contribution in [2.75, 3.05) is 11.9 Å². The number of hydrogen-bond acceptors (Lipinski definition) is 3. The van der Waals surface area contributed by atoms with Gasteiger partial charge < -0.3 is 10.1 Å². The SMILES string of the molecule is CCC1(C)CC(C#N)(Nc2ccccc2Cl)CCO1. The van der Waals surface area contributed by atoms with Crippen molar-refractivity contribution >= 4 is 17.3 Å². The van der Waals surface area contributed by atoms with Crippen LogP contribution in [0.2, 0.25) is 5.02 Å². The summed E-state index contributed by atoms with van der Waals surface area (Å²) in [6.07, 6.45) is 2.23. The second kappa shape index (κ2) is 5.40. The lowest BCUT2D eigenvalue weighted by atomic mass is 9.80. The summed E-state index contributed by atoms with van der Waals surface area (Å²) in [4.78, 5) is 0. The highest BCUT2D eigenvalue weighted by atomic mass is 35.5. The molecule has 2 unspecified atom stereocenters. The van der Waals surface area contributed by atoms with Crippen molar-refractivity contribution in [3.63, 3.8) is 0 Å². The Labute approximate surface area is 119 Å². The molecule has 2 rings (SSSR count). The van der Waals surface area contributed by atoms with Gasteiger partial charge in [0.05, 0.1) is 29.0 Å². The van der Waals surface area contributed by atoms with Gasteiger partial charge >= 0.3 is 0 Å². The fraction of sp³-hybridized carbons (Fsp3) is 0.533. The van der Waals surface area contributed by atoms with E-state index in [1.807, 2.05) is 24.3 Å². The highest BCUT2D eigenvalue weighted by Crippen LogP contribution is 2.37. The maximum atomic E-state index is 9.61. The predicted molar refractivity (Wildman–Crippen MR) is 77.3 cm³/mol. The number of nitrogens with one attached hydrogen (secondary N) is 1. The molecule has 1 fully saturated rings. The van der Waals surface area contributed by atoms with Crippen LogP contribution in [0.15, 0.2) is 24.3 Å². The molecule has 0 bridgehead atoms. The van der Waals surface area contributed by atoms with Crippen LogP contribution in [-0.4, -0.2) is 17.7 Å². The van der Waals surface area contributed by atoms with E-state index < -0.39 is 5.54 Å². The highest BCUT2D eigenvalue weighted by Gasteiger charge is 2.43. The predicted octanol–water partition coefficient (Wildman–Crippen LogP) is 3.99. The normalized spacial score (nSPS) is 30.6. The van der Waals surface area contributed by atoms with E-state index in [1.54, 1.807) is 0 Å². The smallest absolute Gasteiger partial charge is 0.130 e. The lowest BCUT2D eigenvalue weighted by Crippen LogP contribution is -2.50. The largest absolute Gasteiger partial charge is 0.375 e. The van der Waals surface area contributed by atoms with Crippen LogP contribution in [0.1, 0.15) is 33.1 Å². The summed E-state index contributed by atoms with van der Waals surface area (Å²) in [6, 6.07) is 9.96. The van der Waals surface area contributed by atoms with E-state index in [0.29, 0.717) is 24.5 Å². The first-order valence-corrected chi connectivity index (χ1v) is 6.98. The third-order valence-electron chi connectivity index (χ3n) is 3.86. The van der Waals surface area contributed by atoms with Crippen molar-refractivity contribution in [1.82, 2.24) is 0 Å². The quantitative estimate of drug-likeness (QED) is 0.909. The van der Waals surface area contributed by atoms with Crippen molar-refractivity contribution in [1.29, 1.82) is 5.26 Å². The minimum absolute atomic E-state index is 0.248. The lowest BCUT2D eigenvalue weighted by molar-refractivity contribution is -0.0809. The van der Waals surface area contributed by atoms with Gasteiger partial charge in [-0.15, -0.1) is 0 Å². The molecule has 1 saturated heterocycles. The van der Waals surface area contributed by atoms with Gasteiger partial charge in [-0.3, -0.25) is 0 Å². The van der Waals surface area contributed by atoms with Gasteiger partial charge in [0, 0.05) is 12.8 Å². The fourth-order valence-electron chi connectivity index (χ4n) is 2.53. The van der Waals surface area contributed by atoms with Crippen LogP contribution >= 0.6 is 11.6 Å². The van der Waals surface area contributed by atoms with E-state index in [1.165, 1.54) is 0 Å². The van der Waals surface area contributed by atoms with Crippen LogP contribution in [0, 0.1) is 11.3 Å². The average molecular weight is 279 g/mol. The third-order valence-corrected chi connectivity index (χ3v) is 4.19. The lowest BCUT2D eigenvalue weighted by Gasteiger charge is -2.43. The van der Waals surface area contributed by atoms with Gasteiger partial charge in [0.25, 0.3) is 0 Å². The zero-order valence-corrected chi connectivity index (χ0v) is 12.1. The van der Waals surface area contributed by atoms with Crippen molar-refractivity contribution in [3.05, 3.63) is 29.3 Å². The Morgan fingerprint density at radius 2 is 2.21 bits per heavy atom. The minimum atomic E-state index is -0.603. The first-order valence-electron chi connectivity index (χ1n) is 6.60. The van der Waals surface area contributed by atoms with Crippen molar-refractivity contribution in [3.8, 4) is 6.07 Å². The first kappa shape index (κ1) is 14.2. The number of anilines is 1. The van der Waals surface area contributed by atoms with Crippen LogP contribution in [0.5, 0.6) is 0 Å². The molecule has 0 spiro atoms. The fourth-order valence-corrected chi connectivity index (χ4v) is 2.71. The van der Waals surface area contributed by atoms with Crippen LogP contribution < -0.4 is 5.32 Å². The van der Waals surface area contributed by atoms with E-state index >= 15 is 0 Å². The molecule has 0 radical (unpaired) electrons. The molecule has 19 heavy (non-hydrogen) atoms. The van der Waals surface area contributed by atoms with E-state index in [-0.39, 0.29) is 5.60 Å². The van der Waals surface area contributed by atoms with Crippen molar-refractivity contribution in [2.24, 2.45) is 0 Å². The van der Waals surface area contributed by atoms with Gasteiger partial charge in [-0.1, -0.05) is 30.7 Å². The maximum absolute atomic E-state index is 9.61. The van der Waals surface area contributed by atoms with Gasteiger partial charge in [0.1, 0.15) is 5.54 Å². The van der Waals surface area contributed by atoms with Gasteiger partial charge in [0.2, 0.25) is 0 Å².